The lowest BCUT2D eigenvalue weighted by Crippen LogP contribution is -2.27. The van der Waals surface area contributed by atoms with Gasteiger partial charge in [-0.3, -0.25) is 0 Å². The second kappa shape index (κ2) is 5.11. The van der Waals surface area contributed by atoms with Crippen molar-refractivity contribution in [1.29, 1.82) is 0 Å². The molecule has 0 saturated heterocycles. The molecule has 0 unspecified atom stereocenters. The first-order chi connectivity index (χ1) is 9.61. The SMILES string of the molecule is OB(O)c1cc2cc(Cc3ccc(F)cc3)ccc2o1. The molecule has 0 bridgehead atoms. The fourth-order valence-corrected chi connectivity index (χ4v) is 2.19. The van der Waals surface area contributed by atoms with Crippen LogP contribution in [0.15, 0.2) is 52.9 Å². The van der Waals surface area contributed by atoms with Crippen LogP contribution in [-0.2, 0) is 6.42 Å². The van der Waals surface area contributed by atoms with E-state index >= 15 is 0 Å². The molecule has 0 aliphatic carbocycles. The summed E-state index contributed by atoms with van der Waals surface area (Å²) < 4.78 is 18.2. The number of halogens is 1. The van der Waals surface area contributed by atoms with E-state index in [0.29, 0.717) is 12.0 Å². The molecule has 3 nitrogen and oxygen atoms in total. The topological polar surface area (TPSA) is 53.6 Å². The summed E-state index contributed by atoms with van der Waals surface area (Å²) in [6.07, 6.45) is 0.679. The van der Waals surface area contributed by atoms with Gasteiger partial charge < -0.3 is 14.5 Å². The summed E-state index contributed by atoms with van der Waals surface area (Å²) in [5.74, 6) is -0.249. The van der Waals surface area contributed by atoms with E-state index < -0.39 is 7.12 Å². The van der Waals surface area contributed by atoms with Gasteiger partial charge in [-0.1, -0.05) is 18.2 Å². The van der Waals surface area contributed by atoms with Gasteiger partial charge in [0.15, 0.2) is 0 Å². The zero-order chi connectivity index (χ0) is 14.1. The summed E-state index contributed by atoms with van der Waals surface area (Å²) >= 11 is 0. The number of benzene rings is 2. The zero-order valence-electron chi connectivity index (χ0n) is 10.6. The van der Waals surface area contributed by atoms with E-state index in [4.69, 9.17) is 14.5 Å². The molecule has 0 spiro atoms. The van der Waals surface area contributed by atoms with Crippen LogP contribution in [0.25, 0.3) is 11.0 Å². The Labute approximate surface area is 115 Å². The van der Waals surface area contributed by atoms with Gasteiger partial charge in [0.05, 0.1) is 0 Å². The quantitative estimate of drug-likeness (QED) is 0.714. The molecule has 1 heterocycles. The number of rotatable bonds is 3. The summed E-state index contributed by atoms with van der Waals surface area (Å²) in [7, 11) is -1.61. The van der Waals surface area contributed by atoms with Gasteiger partial charge in [-0.05, 0) is 47.9 Å². The highest BCUT2D eigenvalue weighted by Crippen LogP contribution is 2.18. The van der Waals surface area contributed by atoms with Crippen LogP contribution in [0.3, 0.4) is 0 Å². The van der Waals surface area contributed by atoms with Crippen molar-refractivity contribution in [3.05, 3.63) is 65.5 Å². The Kier molecular flexibility index (Phi) is 3.30. The number of hydrogen-bond donors (Lipinski definition) is 2. The van der Waals surface area contributed by atoms with E-state index in [1.807, 2.05) is 12.1 Å². The Morgan fingerprint density at radius 3 is 2.35 bits per heavy atom. The highest BCUT2D eigenvalue weighted by atomic mass is 19.1. The molecule has 20 heavy (non-hydrogen) atoms. The minimum absolute atomic E-state index is 0.124. The summed E-state index contributed by atoms with van der Waals surface area (Å²) in [6.45, 7) is 0. The maximum atomic E-state index is 12.9. The van der Waals surface area contributed by atoms with E-state index in [0.717, 1.165) is 16.5 Å². The third-order valence-electron chi connectivity index (χ3n) is 3.18. The van der Waals surface area contributed by atoms with Crippen LogP contribution in [0.2, 0.25) is 0 Å². The van der Waals surface area contributed by atoms with Gasteiger partial charge in [0.2, 0.25) is 0 Å². The molecule has 2 aromatic carbocycles. The van der Waals surface area contributed by atoms with E-state index in [1.54, 1.807) is 24.3 Å². The minimum atomic E-state index is -1.61. The van der Waals surface area contributed by atoms with Crippen molar-refractivity contribution < 1.29 is 18.9 Å². The third kappa shape index (κ3) is 2.59. The van der Waals surface area contributed by atoms with Gasteiger partial charge in [0.25, 0.3) is 0 Å². The standard InChI is InChI=1S/C15H12BFO3/c17-13-4-1-10(2-5-13)7-11-3-6-14-12(8-11)9-15(20-14)16(18)19/h1-6,8-9,18-19H,7H2. The highest BCUT2D eigenvalue weighted by Gasteiger charge is 2.16. The maximum Gasteiger partial charge on any atom is 0.526 e. The van der Waals surface area contributed by atoms with Crippen molar-refractivity contribution in [2.75, 3.05) is 0 Å². The Balaban J connectivity index is 1.90. The van der Waals surface area contributed by atoms with Crippen LogP contribution in [0, 0.1) is 5.82 Å². The summed E-state index contributed by atoms with van der Waals surface area (Å²) in [4.78, 5) is 0. The van der Waals surface area contributed by atoms with Gasteiger partial charge in [0, 0.05) is 5.39 Å². The van der Waals surface area contributed by atoms with Crippen LogP contribution in [-0.4, -0.2) is 17.2 Å². The molecule has 1 aromatic heterocycles. The second-order valence-electron chi connectivity index (χ2n) is 4.70. The summed E-state index contributed by atoms with van der Waals surface area (Å²) in [5.41, 5.74) is 2.79. The van der Waals surface area contributed by atoms with Gasteiger partial charge in [0.1, 0.15) is 17.1 Å². The molecule has 5 heteroatoms. The van der Waals surface area contributed by atoms with Gasteiger partial charge in [-0.15, -0.1) is 0 Å². The van der Waals surface area contributed by atoms with Gasteiger partial charge in [-0.25, -0.2) is 4.39 Å². The Hall–Kier alpha value is -2.11. The van der Waals surface area contributed by atoms with E-state index in [2.05, 4.69) is 0 Å². The number of hydrogen-bond acceptors (Lipinski definition) is 3. The van der Waals surface area contributed by atoms with Gasteiger partial charge >= 0.3 is 7.12 Å². The van der Waals surface area contributed by atoms with Crippen molar-refractivity contribution >= 4 is 23.7 Å². The Morgan fingerprint density at radius 1 is 0.950 bits per heavy atom. The highest BCUT2D eigenvalue weighted by molar-refractivity contribution is 6.57. The molecule has 0 aliphatic heterocycles. The number of furan rings is 1. The lowest BCUT2D eigenvalue weighted by atomic mass is 9.88. The van der Waals surface area contributed by atoms with Crippen LogP contribution < -0.4 is 5.66 Å². The van der Waals surface area contributed by atoms with Crippen molar-refractivity contribution in [2.24, 2.45) is 0 Å². The molecule has 0 saturated carbocycles. The molecular weight excluding hydrogens is 258 g/mol. The molecule has 3 aromatic rings. The van der Waals surface area contributed by atoms with E-state index in [1.165, 1.54) is 12.1 Å². The first-order valence-corrected chi connectivity index (χ1v) is 6.25. The van der Waals surface area contributed by atoms with Crippen LogP contribution in [0.1, 0.15) is 11.1 Å². The molecule has 0 atom stereocenters. The lowest BCUT2D eigenvalue weighted by Gasteiger charge is -2.02. The smallest absolute Gasteiger partial charge is 0.465 e. The summed E-state index contributed by atoms with van der Waals surface area (Å²) in [5, 5.41) is 19.0. The maximum absolute atomic E-state index is 12.9. The Bertz CT molecular complexity index is 734. The summed E-state index contributed by atoms with van der Waals surface area (Å²) in [6, 6.07) is 13.6. The van der Waals surface area contributed by atoms with Crippen molar-refractivity contribution in [3.63, 3.8) is 0 Å². The van der Waals surface area contributed by atoms with Crippen molar-refractivity contribution in [2.45, 2.75) is 6.42 Å². The van der Waals surface area contributed by atoms with Crippen LogP contribution in [0.4, 0.5) is 4.39 Å². The van der Waals surface area contributed by atoms with E-state index in [9.17, 15) is 4.39 Å². The predicted molar refractivity (Wildman–Crippen MR) is 75.2 cm³/mol. The zero-order valence-corrected chi connectivity index (χ0v) is 10.6. The molecular formula is C15H12BFO3. The monoisotopic (exact) mass is 270 g/mol. The normalized spacial score (nSPS) is 10.9. The fraction of sp³-hybridized carbons (Fsp3) is 0.0667. The largest absolute Gasteiger partial charge is 0.526 e. The predicted octanol–water partition coefficient (Wildman–Crippen LogP) is 1.84. The molecule has 3 rings (SSSR count). The minimum Gasteiger partial charge on any atom is -0.465 e. The molecule has 0 radical (unpaired) electrons. The first-order valence-electron chi connectivity index (χ1n) is 6.25. The van der Waals surface area contributed by atoms with Crippen LogP contribution >= 0.6 is 0 Å². The van der Waals surface area contributed by atoms with E-state index in [-0.39, 0.29) is 11.5 Å². The number of fused-ring (bicyclic) bond motifs is 1. The molecule has 2 N–H and O–H groups in total. The average molecular weight is 270 g/mol. The Morgan fingerprint density at radius 2 is 1.65 bits per heavy atom. The fourth-order valence-electron chi connectivity index (χ4n) is 2.19. The molecule has 0 fully saturated rings. The average Bonchev–Trinajstić information content (AvgIpc) is 2.85. The third-order valence-corrected chi connectivity index (χ3v) is 3.18. The molecule has 0 amide bonds. The molecule has 0 aliphatic rings. The van der Waals surface area contributed by atoms with Crippen LogP contribution in [0.5, 0.6) is 0 Å². The molecule has 100 valence electrons. The van der Waals surface area contributed by atoms with Crippen molar-refractivity contribution in [1.82, 2.24) is 0 Å². The van der Waals surface area contributed by atoms with Gasteiger partial charge in [-0.2, -0.15) is 0 Å². The lowest BCUT2D eigenvalue weighted by molar-refractivity contribution is 0.412. The second-order valence-corrected chi connectivity index (χ2v) is 4.70. The van der Waals surface area contributed by atoms with Crippen molar-refractivity contribution in [3.8, 4) is 0 Å². The first kappa shape index (κ1) is 12.9.